The minimum absolute atomic E-state index is 0.168. The Balaban J connectivity index is 1.21. The van der Waals surface area contributed by atoms with E-state index in [-0.39, 0.29) is 18.6 Å². The summed E-state index contributed by atoms with van der Waals surface area (Å²) in [5.74, 6) is 0.872. The van der Waals surface area contributed by atoms with Crippen LogP contribution in [0.3, 0.4) is 0 Å². The Morgan fingerprint density at radius 1 is 1.30 bits per heavy atom. The lowest BCUT2D eigenvalue weighted by Gasteiger charge is -2.23. The van der Waals surface area contributed by atoms with Crippen LogP contribution in [0.1, 0.15) is 11.3 Å². The summed E-state index contributed by atoms with van der Waals surface area (Å²) >= 11 is 0. The molecule has 9 heteroatoms. The standard InChI is InChI=1S/C21H19N3O6/c1-11-6-16(23-30-11)24-9-21-5-4-14(29-21)17(18(21)20(24)26)19(25)22-8-12-2-3-13-15(7-12)28-10-27-13/h2-7,14,17-18H,8-10H2,1H3,(H,22,25)/t14-,17+,18-,21-/m1/s1. The van der Waals surface area contributed by atoms with Gasteiger partial charge < -0.3 is 24.1 Å². The molecule has 2 aromatic rings. The third-order valence-electron chi connectivity index (χ3n) is 6.20. The fourth-order valence-corrected chi connectivity index (χ4v) is 4.83. The van der Waals surface area contributed by atoms with E-state index < -0.39 is 23.5 Å². The third-order valence-corrected chi connectivity index (χ3v) is 6.20. The average Bonchev–Trinajstić information content (AvgIpc) is 3.53. The Morgan fingerprint density at radius 3 is 3.00 bits per heavy atom. The van der Waals surface area contributed by atoms with Crippen molar-refractivity contribution >= 4 is 17.6 Å². The molecule has 2 amide bonds. The SMILES string of the molecule is Cc1cc(N2C[C@@]34C=C[C@@H](O3)[C@H](C(=O)NCc3ccc5c(c3)OCO5)[C@@H]4C2=O)no1. The van der Waals surface area contributed by atoms with Crippen LogP contribution in [-0.2, 0) is 20.9 Å². The molecule has 0 aliphatic carbocycles. The van der Waals surface area contributed by atoms with Crippen molar-refractivity contribution in [1.29, 1.82) is 0 Å². The van der Waals surface area contributed by atoms with Crippen LogP contribution in [0, 0.1) is 18.8 Å². The zero-order valence-corrected chi connectivity index (χ0v) is 16.2. The Hall–Kier alpha value is -3.33. The zero-order chi connectivity index (χ0) is 20.5. The van der Waals surface area contributed by atoms with Crippen LogP contribution in [0.5, 0.6) is 11.5 Å². The molecule has 4 aliphatic rings. The Labute approximate surface area is 171 Å². The first kappa shape index (κ1) is 17.5. The van der Waals surface area contributed by atoms with E-state index in [0.717, 1.165) is 5.56 Å². The summed E-state index contributed by atoms with van der Waals surface area (Å²) in [5.41, 5.74) is 0.0920. The zero-order valence-electron chi connectivity index (χ0n) is 16.2. The molecule has 154 valence electrons. The molecule has 5 heterocycles. The molecule has 2 bridgehead atoms. The van der Waals surface area contributed by atoms with Crippen molar-refractivity contribution in [2.24, 2.45) is 11.8 Å². The van der Waals surface area contributed by atoms with E-state index >= 15 is 0 Å². The molecule has 4 atom stereocenters. The molecule has 9 nitrogen and oxygen atoms in total. The van der Waals surface area contributed by atoms with Gasteiger partial charge in [-0.25, -0.2) is 0 Å². The van der Waals surface area contributed by atoms with Gasteiger partial charge in [0.15, 0.2) is 17.3 Å². The van der Waals surface area contributed by atoms with E-state index in [2.05, 4.69) is 10.5 Å². The van der Waals surface area contributed by atoms with Gasteiger partial charge in [-0.3, -0.25) is 14.5 Å². The molecule has 1 N–H and O–H groups in total. The normalized spacial score (nSPS) is 30.2. The highest BCUT2D eigenvalue weighted by atomic mass is 16.7. The second-order valence-corrected chi connectivity index (χ2v) is 8.03. The number of nitrogens with zero attached hydrogens (tertiary/aromatic N) is 2. The second kappa shape index (κ2) is 6.09. The number of ether oxygens (including phenoxy) is 3. The maximum atomic E-state index is 13.2. The number of aryl methyl sites for hydroxylation is 1. The molecule has 4 aliphatic heterocycles. The Kier molecular flexibility index (Phi) is 3.55. The van der Waals surface area contributed by atoms with Gasteiger partial charge in [0.1, 0.15) is 11.4 Å². The van der Waals surface area contributed by atoms with Gasteiger partial charge in [0.2, 0.25) is 18.6 Å². The van der Waals surface area contributed by atoms with E-state index in [0.29, 0.717) is 36.2 Å². The smallest absolute Gasteiger partial charge is 0.235 e. The number of fused-ring (bicyclic) bond motifs is 2. The summed E-state index contributed by atoms with van der Waals surface area (Å²) in [6.07, 6.45) is 3.39. The Bertz CT molecular complexity index is 1090. The maximum Gasteiger partial charge on any atom is 0.235 e. The number of hydrogen-bond donors (Lipinski definition) is 1. The van der Waals surface area contributed by atoms with Gasteiger partial charge in [-0.2, -0.15) is 0 Å². The summed E-state index contributed by atoms with van der Waals surface area (Å²) in [6, 6.07) is 7.25. The van der Waals surface area contributed by atoms with E-state index in [4.69, 9.17) is 18.7 Å². The topological polar surface area (TPSA) is 103 Å². The molecule has 0 saturated carbocycles. The van der Waals surface area contributed by atoms with Gasteiger partial charge in [-0.05, 0) is 24.6 Å². The van der Waals surface area contributed by atoms with Crippen molar-refractivity contribution in [3.8, 4) is 11.5 Å². The van der Waals surface area contributed by atoms with Gasteiger partial charge in [0.25, 0.3) is 0 Å². The molecular formula is C21H19N3O6. The first-order chi connectivity index (χ1) is 14.5. The van der Waals surface area contributed by atoms with Crippen LogP contribution in [0.25, 0.3) is 0 Å². The number of rotatable bonds is 4. The van der Waals surface area contributed by atoms with Crippen LogP contribution in [-0.4, -0.2) is 42.0 Å². The van der Waals surface area contributed by atoms with Crippen molar-refractivity contribution in [3.63, 3.8) is 0 Å². The summed E-state index contributed by atoms with van der Waals surface area (Å²) in [5, 5.41) is 6.91. The lowest BCUT2D eigenvalue weighted by atomic mass is 9.77. The van der Waals surface area contributed by atoms with Gasteiger partial charge in [0, 0.05) is 12.6 Å². The minimum Gasteiger partial charge on any atom is -0.454 e. The number of benzene rings is 1. The molecule has 2 saturated heterocycles. The lowest BCUT2D eigenvalue weighted by molar-refractivity contribution is -0.132. The lowest BCUT2D eigenvalue weighted by Crippen LogP contribution is -2.44. The van der Waals surface area contributed by atoms with E-state index in [9.17, 15) is 9.59 Å². The van der Waals surface area contributed by atoms with Crippen LogP contribution >= 0.6 is 0 Å². The summed E-state index contributed by atoms with van der Waals surface area (Å²) in [6.45, 7) is 2.61. The summed E-state index contributed by atoms with van der Waals surface area (Å²) in [4.78, 5) is 27.9. The number of nitrogens with one attached hydrogen (secondary N) is 1. The van der Waals surface area contributed by atoms with E-state index in [1.807, 2.05) is 30.4 Å². The quantitative estimate of drug-likeness (QED) is 0.760. The number of aromatic nitrogens is 1. The highest BCUT2D eigenvalue weighted by Crippen LogP contribution is 2.52. The second-order valence-electron chi connectivity index (χ2n) is 8.03. The van der Waals surface area contributed by atoms with Crippen LogP contribution in [0.15, 0.2) is 40.9 Å². The minimum atomic E-state index is -0.796. The van der Waals surface area contributed by atoms with E-state index in [1.165, 1.54) is 0 Å². The largest absolute Gasteiger partial charge is 0.454 e. The summed E-state index contributed by atoms with van der Waals surface area (Å²) < 4.78 is 21.9. The van der Waals surface area contributed by atoms with Crippen molar-refractivity contribution in [3.05, 3.63) is 47.7 Å². The van der Waals surface area contributed by atoms with Crippen LogP contribution in [0.4, 0.5) is 5.82 Å². The summed E-state index contributed by atoms with van der Waals surface area (Å²) in [7, 11) is 0. The van der Waals surface area contributed by atoms with Crippen LogP contribution in [0.2, 0.25) is 0 Å². The fraction of sp³-hybridized carbons (Fsp3) is 0.381. The van der Waals surface area contributed by atoms with Crippen molar-refractivity contribution in [2.45, 2.75) is 25.2 Å². The van der Waals surface area contributed by atoms with Crippen molar-refractivity contribution in [2.75, 3.05) is 18.2 Å². The van der Waals surface area contributed by atoms with Gasteiger partial charge in [-0.15, -0.1) is 0 Å². The molecular weight excluding hydrogens is 390 g/mol. The Morgan fingerprint density at radius 2 is 2.17 bits per heavy atom. The molecule has 0 unspecified atom stereocenters. The van der Waals surface area contributed by atoms with Gasteiger partial charge >= 0.3 is 0 Å². The molecule has 30 heavy (non-hydrogen) atoms. The number of amides is 2. The maximum absolute atomic E-state index is 13.2. The molecule has 1 aromatic carbocycles. The van der Waals surface area contributed by atoms with Crippen molar-refractivity contribution in [1.82, 2.24) is 10.5 Å². The average molecular weight is 409 g/mol. The highest BCUT2D eigenvalue weighted by molar-refractivity contribution is 6.02. The predicted molar refractivity (Wildman–Crippen MR) is 102 cm³/mol. The number of anilines is 1. The number of hydrogen-bond acceptors (Lipinski definition) is 7. The molecule has 2 fully saturated rings. The predicted octanol–water partition coefficient (Wildman–Crippen LogP) is 1.31. The van der Waals surface area contributed by atoms with E-state index in [1.54, 1.807) is 17.9 Å². The fourth-order valence-electron chi connectivity index (χ4n) is 4.83. The monoisotopic (exact) mass is 409 g/mol. The van der Waals surface area contributed by atoms with Crippen LogP contribution < -0.4 is 19.7 Å². The van der Waals surface area contributed by atoms with Gasteiger partial charge in [0.05, 0.1) is 24.5 Å². The third kappa shape index (κ3) is 2.41. The molecule has 1 aromatic heterocycles. The number of carbonyl (C=O) groups excluding carboxylic acids is 2. The first-order valence-corrected chi connectivity index (χ1v) is 9.82. The highest BCUT2D eigenvalue weighted by Gasteiger charge is 2.67. The number of carbonyl (C=O) groups is 2. The first-order valence-electron chi connectivity index (χ1n) is 9.82. The van der Waals surface area contributed by atoms with Gasteiger partial charge in [-0.1, -0.05) is 23.4 Å². The van der Waals surface area contributed by atoms with Crippen molar-refractivity contribution < 1.29 is 28.3 Å². The molecule has 0 radical (unpaired) electrons. The molecule has 6 rings (SSSR count). The molecule has 1 spiro atoms.